The highest BCUT2D eigenvalue weighted by molar-refractivity contribution is 5.90. The lowest BCUT2D eigenvalue weighted by atomic mass is 10.0. The molecule has 2 aromatic rings. The summed E-state index contributed by atoms with van der Waals surface area (Å²) in [6.45, 7) is 1.20. The smallest absolute Gasteiger partial charge is 0.414 e. The predicted molar refractivity (Wildman–Crippen MR) is 88.1 cm³/mol. The third-order valence-corrected chi connectivity index (χ3v) is 3.83. The van der Waals surface area contributed by atoms with E-state index in [0.717, 1.165) is 16.8 Å². The van der Waals surface area contributed by atoms with Gasteiger partial charge in [-0.1, -0.05) is 24.3 Å². The number of carbonyl (C=O) groups excluding carboxylic acids is 1. The zero-order valence-electron chi connectivity index (χ0n) is 12.8. The van der Waals surface area contributed by atoms with Crippen LogP contribution in [0.15, 0.2) is 48.5 Å². The monoisotopic (exact) mass is 307 g/mol. The van der Waals surface area contributed by atoms with E-state index in [-0.39, 0.29) is 12.2 Å². The molecular formula is C18H17N3O2. The van der Waals surface area contributed by atoms with E-state index in [4.69, 9.17) is 10.00 Å². The first-order chi connectivity index (χ1) is 11.2. The van der Waals surface area contributed by atoms with E-state index in [0.29, 0.717) is 18.7 Å². The fraction of sp³-hybridized carbons (Fsp3) is 0.222. The van der Waals surface area contributed by atoms with Crippen LogP contribution in [0.1, 0.15) is 5.56 Å². The van der Waals surface area contributed by atoms with Crippen molar-refractivity contribution < 1.29 is 9.53 Å². The van der Waals surface area contributed by atoms with Crippen LogP contribution in [-0.4, -0.2) is 32.3 Å². The summed E-state index contributed by atoms with van der Waals surface area (Å²) in [6, 6.07) is 17.3. The van der Waals surface area contributed by atoms with Gasteiger partial charge in [-0.15, -0.1) is 0 Å². The average molecular weight is 307 g/mol. The van der Waals surface area contributed by atoms with Crippen molar-refractivity contribution in [2.24, 2.45) is 0 Å². The number of amides is 1. The van der Waals surface area contributed by atoms with E-state index in [9.17, 15) is 4.79 Å². The van der Waals surface area contributed by atoms with Crippen LogP contribution in [-0.2, 0) is 4.74 Å². The summed E-state index contributed by atoms with van der Waals surface area (Å²) in [4.78, 5) is 13.6. The first-order valence-electron chi connectivity index (χ1n) is 7.44. The zero-order chi connectivity index (χ0) is 16.2. The van der Waals surface area contributed by atoms with Crippen molar-refractivity contribution in [1.82, 2.24) is 5.32 Å². The Morgan fingerprint density at radius 1 is 1.17 bits per heavy atom. The van der Waals surface area contributed by atoms with Gasteiger partial charge >= 0.3 is 6.09 Å². The molecule has 1 N–H and O–H groups in total. The van der Waals surface area contributed by atoms with Gasteiger partial charge in [-0.05, 0) is 42.4 Å². The molecule has 0 aromatic heterocycles. The molecule has 0 aliphatic carbocycles. The molecule has 0 radical (unpaired) electrons. The Labute approximate surface area is 135 Å². The fourth-order valence-electron chi connectivity index (χ4n) is 2.64. The van der Waals surface area contributed by atoms with Crippen LogP contribution in [0.2, 0.25) is 0 Å². The van der Waals surface area contributed by atoms with E-state index in [1.165, 1.54) is 0 Å². The average Bonchev–Trinajstić information content (AvgIpc) is 2.96. The van der Waals surface area contributed by atoms with Crippen LogP contribution < -0.4 is 10.2 Å². The van der Waals surface area contributed by atoms with E-state index >= 15 is 0 Å². The summed E-state index contributed by atoms with van der Waals surface area (Å²) in [5, 5.41) is 11.9. The quantitative estimate of drug-likeness (QED) is 0.943. The van der Waals surface area contributed by atoms with E-state index in [1.807, 2.05) is 43.4 Å². The number of ether oxygens (including phenoxy) is 1. The summed E-state index contributed by atoms with van der Waals surface area (Å²) >= 11 is 0. The summed E-state index contributed by atoms with van der Waals surface area (Å²) < 4.78 is 5.30. The molecule has 1 unspecified atom stereocenters. The van der Waals surface area contributed by atoms with Crippen LogP contribution in [0, 0.1) is 11.3 Å². The summed E-state index contributed by atoms with van der Waals surface area (Å²) in [7, 11) is 1.84. The second-order valence-electron chi connectivity index (χ2n) is 5.41. The molecule has 1 amide bonds. The lowest BCUT2D eigenvalue weighted by molar-refractivity contribution is 0.141. The minimum absolute atomic E-state index is 0.120. The number of benzene rings is 2. The largest absolute Gasteiger partial charge is 0.443 e. The Morgan fingerprint density at radius 2 is 1.78 bits per heavy atom. The van der Waals surface area contributed by atoms with Gasteiger partial charge in [0.1, 0.15) is 6.10 Å². The van der Waals surface area contributed by atoms with Gasteiger partial charge < -0.3 is 10.1 Å². The molecule has 116 valence electrons. The van der Waals surface area contributed by atoms with Gasteiger partial charge in [0, 0.05) is 12.2 Å². The maximum absolute atomic E-state index is 11.9. The molecule has 3 rings (SSSR count). The van der Waals surface area contributed by atoms with Gasteiger partial charge in [0.2, 0.25) is 0 Å². The topological polar surface area (TPSA) is 65.4 Å². The van der Waals surface area contributed by atoms with Gasteiger partial charge in [-0.25, -0.2) is 4.79 Å². The van der Waals surface area contributed by atoms with Crippen molar-refractivity contribution in [2.45, 2.75) is 6.10 Å². The maximum atomic E-state index is 11.9. The Kier molecular flexibility index (Phi) is 4.26. The predicted octanol–water partition coefficient (Wildman–Crippen LogP) is 2.77. The lowest BCUT2D eigenvalue weighted by Gasteiger charge is -2.13. The van der Waals surface area contributed by atoms with E-state index < -0.39 is 0 Å². The Morgan fingerprint density at radius 3 is 2.35 bits per heavy atom. The molecule has 1 aliphatic rings. The fourth-order valence-corrected chi connectivity index (χ4v) is 2.64. The van der Waals surface area contributed by atoms with Crippen LogP contribution in [0.4, 0.5) is 10.5 Å². The Hall–Kier alpha value is -2.84. The van der Waals surface area contributed by atoms with Crippen LogP contribution in [0.5, 0.6) is 0 Å². The molecule has 1 fully saturated rings. The number of hydrogen-bond donors (Lipinski definition) is 1. The van der Waals surface area contributed by atoms with Gasteiger partial charge in [-0.3, -0.25) is 4.90 Å². The van der Waals surface area contributed by atoms with Gasteiger partial charge in [0.25, 0.3) is 0 Å². The summed E-state index contributed by atoms with van der Waals surface area (Å²) in [5.74, 6) is 0. The van der Waals surface area contributed by atoms with Crippen molar-refractivity contribution in [3.05, 3.63) is 54.1 Å². The molecule has 5 nitrogen and oxygen atoms in total. The number of carbonyl (C=O) groups is 1. The first-order valence-corrected chi connectivity index (χ1v) is 7.44. The van der Waals surface area contributed by atoms with Gasteiger partial charge in [0.05, 0.1) is 18.2 Å². The lowest BCUT2D eigenvalue weighted by Crippen LogP contribution is -2.28. The van der Waals surface area contributed by atoms with E-state index in [1.54, 1.807) is 17.0 Å². The van der Waals surface area contributed by atoms with Crippen molar-refractivity contribution in [3.63, 3.8) is 0 Å². The third kappa shape index (κ3) is 3.17. The van der Waals surface area contributed by atoms with E-state index in [2.05, 4.69) is 11.4 Å². The number of nitrogens with one attached hydrogen (secondary N) is 1. The summed E-state index contributed by atoms with van der Waals surface area (Å²) in [5.41, 5.74) is 3.54. The number of cyclic esters (lactones) is 1. The molecule has 1 atom stereocenters. The molecule has 23 heavy (non-hydrogen) atoms. The number of nitrogens with zero attached hydrogens (tertiary/aromatic N) is 2. The first kappa shape index (κ1) is 15.1. The normalized spacial score (nSPS) is 17.0. The highest BCUT2D eigenvalue weighted by atomic mass is 16.6. The van der Waals surface area contributed by atoms with Crippen LogP contribution >= 0.6 is 0 Å². The molecule has 0 saturated carbocycles. The number of likely N-dealkylation sites (N-methyl/N-ethyl adjacent to an activating group) is 1. The van der Waals surface area contributed by atoms with Gasteiger partial charge in [-0.2, -0.15) is 5.26 Å². The Bertz CT molecular complexity index is 732. The van der Waals surface area contributed by atoms with Crippen molar-refractivity contribution in [1.29, 1.82) is 5.26 Å². The zero-order valence-corrected chi connectivity index (χ0v) is 12.8. The second kappa shape index (κ2) is 6.51. The molecular weight excluding hydrogens is 290 g/mol. The second-order valence-corrected chi connectivity index (χ2v) is 5.41. The van der Waals surface area contributed by atoms with Crippen molar-refractivity contribution in [2.75, 3.05) is 25.0 Å². The molecule has 0 spiro atoms. The highest BCUT2D eigenvalue weighted by Gasteiger charge is 2.31. The van der Waals surface area contributed by atoms with Crippen molar-refractivity contribution >= 4 is 11.8 Å². The van der Waals surface area contributed by atoms with Crippen LogP contribution in [0.25, 0.3) is 11.1 Å². The SMILES string of the molecule is CNCC1CN(c2ccc(-c3ccc(C#N)cc3)cc2)C(=O)O1. The number of hydrogen-bond acceptors (Lipinski definition) is 4. The molecule has 2 aromatic carbocycles. The molecule has 5 heteroatoms. The molecule has 0 bridgehead atoms. The summed E-state index contributed by atoms with van der Waals surface area (Å²) in [6.07, 6.45) is -0.429. The number of anilines is 1. The third-order valence-electron chi connectivity index (χ3n) is 3.83. The number of rotatable bonds is 4. The minimum Gasteiger partial charge on any atom is -0.443 e. The molecule has 1 saturated heterocycles. The maximum Gasteiger partial charge on any atom is 0.414 e. The standard InChI is InChI=1S/C18H17N3O2/c1-20-11-17-12-21(18(22)23-17)16-8-6-15(7-9-16)14-4-2-13(10-19)3-5-14/h2-9,17,20H,11-12H2,1H3. The Balaban J connectivity index is 1.77. The van der Waals surface area contributed by atoms with Crippen molar-refractivity contribution in [3.8, 4) is 17.2 Å². The molecule has 1 heterocycles. The van der Waals surface area contributed by atoms with Crippen LogP contribution in [0.3, 0.4) is 0 Å². The highest BCUT2D eigenvalue weighted by Crippen LogP contribution is 2.26. The molecule has 1 aliphatic heterocycles. The number of nitriles is 1. The van der Waals surface area contributed by atoms with Gasteiger partial charge in [0.15, 0.2) is 0 Å². The minimum atomic E-state index is -0.309.